The van der Waals surface area contributed by atoms with Crippen LogP contribution in [-0.2, 0) is 29.1 Å². The van der Waals surface area contributed by atoms with E-state index in [0.717, 1.165) is 12.8 Å². The van der Waals surface area contributed by atoms with Crippen LogP contribution < -0.4 is 0 Å². The Balaban J connectivity index is -0.0000000743. The Morgan fingerprint density at radius 3 is 0.957 bits per heavy atom. The summed E-state index contributed by atoms with van der Waals surface area (Å²) in [5.74, 6) is 0. The van der Waals surface area contributed by atoms with Gasteiger partial charge in [-0.3, -0.25) is 13.6 Å². The smallest absolute Gasteiger partial charge is 0.681 e. The monoisotopic (exact) mass is 416 g/mol. The quantitative estimate of drug-likeness (QED) is 0.332. The standard InChI is InChI=1S/2C7H16N2.2CHO.Ru/c2*1-5-7(8-4)9-6(2)3;2*1-2;/h2*6-7H,5H2,1-4H3;2*1H;/q2*-2;2*-1;+6. The summed E-state index contributed by atoms with van der Waals surface area (Å²) in [5.41, 5.74) is 0. The van der Waals surface area contributed by atoms with E-state index in [9.17, 15) is 0 Å². The van der Waals surface area contributed by atoms with Gasteiger partial charge in [-0.25, -0.2) is 12.3 Å². The molecule has 0 fully saturated rings. The molecule has 0 saturated heterocycles. The average Bonchev–Trinajstić information content (AvgIpc) is 2.54. The van der Waals surface area contributed by atoms with Crippen LogP contribution in [0.4, 0.5) is 0 Å². The molecule has 0 aromatic heterocycles. The molecule has 0 aliphatic carbocycles. The van der Waals surface area contributed by atoms with Crippen molar-refractivity contribution < 1.29 is 29.1 Å². The first-order chi connectivity index (χ1) is 10.4. The molecule has 0 N–H and O–H groups in total. The molecule has 0 aromatic carbocycles. The number of hydrogen-bond donors (Lipinski definition) is 0. The Labute approximate surface area is 157 Å². The predicted molar refractivity (Wildman–Crippen MR) is 97.2 cm³/mol. The van der Waals surface area contributed by atoms with Gasteiger partial charge in [0.15, 0.2) is 0 Å². The zero-order valence-electron chi connectivity index (χ0n) is 15.8. The Kier molecular flexibility index (Phi) is 44.3. The van der Waals surface area contributed by atoms with Gasteiger partial charge in [-0.05, 0) is 0 Å². The third kappa shape index (κ3) is 34.2. The minimum Gasteiger partial charge on any atom is -0.681 e. The van der Waals surface area contributed by atoms with Crippen molar-refractivity contribution >= 4 is 13.6 Å². The van der Waals surface area contributed by atoms with Gasteiger partial charge in [-0.2, -0.15) is 14.1 Å². The summed E-state index contributed by atoms with van der Waals surface area (Å²) in [6, 6.07) is 0.831. The van der Waals surface area contributed by atoms with Gasteiger partial charge in [0.2, 0.25) is 0 Å². The molecule has 0 radical (unpaired) electrons. The van der Waals surface area contributed by atoms with Gasteiger partial charge in [0.25, 0.3) is 0 Å². The van der Waals surface area contributed by atoms with Gasteiger partial charge in [-0.1, -0.05) is 54.4 Å². The summed E-state index contributed by atoms with van der Waals surface area (Å²) in [5, 5.41) is 16.9. The average molecular weight is 416 g/mol. The number of hydrogen-bond acceptors (Lipinski definition) is 2. The maximum Gasteiger partial charge on any atom is 6.00 e. The van der Waals surface area contributed by atoms with Crippen LogP contribution in [0.2, 0.25) is 0 Å². The first-order valence-corrected chi connectivity index (χ1v) is 7.46. The molecule has 0 rings (SSSR count). The van der Waals surface area contributed by atoms with Crippen LogP contribution in [0, 0.1) is 0 Å². The van der Waals surface area contributed by atoms with Crippen LogP contribution in [0.3, 0.4) is 0 Å². The normalized spacial score (nSPS) is 11.6. The van der Waals surface area contributed by atoms with Crippen LogP contribution >= 0.6 is 0 Å². The molecule has 0 aromatic rings. The summed E-state index contributed by atoms with van der Waals surface area (Å²) in [7, 11) is 3.64. The second-order valence-electron chi connectivity index (χ2n) is 4.78. The first kappa shape index (κ1) is 34.2. The molecule has 0 aliphatic heterocycles. The molecule has 0 heterocycles. The third-order valence-corrected chi connectivity index (χ3v) is 2.27. The van der Waals surface area contributed by atoms with Gasteiger partial charge < -0.3 is 30.9 Å². The fourth-order valence-corrected chi connectivity index (χ4v) is 1.40. The fourth-order valence-electron chi connectivity index (χ4n) is 1.40. The summed E-state index contributed by atoms with van der Waals surface area (Å²) in [6.07, 6.45) is 2.50. The van der Waals surface area contributed by atoms with Crippen molar-refractivity contribution in [3.63, 3.8) is 0 Å². The SMILES string of the molecule is CCC([N-]C)[N-]C(C)C.CCC([N-]C)[N-]C(C)C.[CH-]=O.[CH-]=O.[Ru+6]. The molecule has 0 spiro atoms. The second-order valence-corrected chi connectivity index (χ2v) is 4.78. The Morgan fingerprint density at radius 1 is 0.696 bits per heavy atom. The van der Waals surface area contributed by atoms with Gasteiger partial charge in [0.1, 0.15) is 0 Å². The number of rotatable bonds is 8. The summed E-state index contributed by atoms with van der Waals surface area (Å²) >= 11 is 0. The van der Waals surface area contributed by atoms with Crippen molar-refractivity contribution in [1.82, 2.24) is 0 Å². The molecular weight excluding hydrogens is 381 g/mol. The molecule has 7 heteroatoms. The minimum absolute atomic E-state index is 0. The summed E-state index contributed by atoms with van der Waals surface area (Å²) in [6.45, 7) is 19.0. The van der Waals surface area contributed by atoms with Crippen molar-refractivity contribution in [2.45, 2.75) is 78.8 Å². The molecule has 0 bridgehead atoms. The van der Waals surface area contributed by atoms with Crippen LogP contribution in [0.5, 0.6) is 0 Å². The van der Waals surface area contributed by atoms with E-state index < -0.39 is 0 Å². The maximum atomic E-state index is 7.75. The van der Waals surface area contributed by atoms with E-state index >= 15 is 0 Å². The van der Waals surface area contributed by atoms with Crippen molar-refractivity contribution in [2.75, 3.05) is 14.1 Å². The van der Waals surface area contributed by atoms with Crippen molar-refractivity contribution in [2.24, 2.45) is 0 Å². The van der Waals surface area contributed by atoms with Crippen LogP contribution in [-0.4, -0.2) is 52.1 Å². The van der Waals surface area contributed by atoms with E-state index in [1.165, 1.54) is 0 Å². The zero-order chi connectivity index (χ0) is 18.6. The van der Waals surface area contributed by atoms with Gasteiger partial charge in [0, 0.05) is 0 Å². The Bertz CT molecular complexity index is 171. The summed E-state index contributed by atoms with van der Waals surface area (Å²) < 4.78 is 0. The Morgan fingerprint density at radius 2 is 0.913 bits per heavy atom. The second kappa shape index (κ2) is 29.8. The molecule has 23 heavy (non-hydrogen) atoms. The van der Waals surface area contributed by atoms with Crippen molar-refractivity contribution in [3.05, 3.63) is 21.3 Å². The van der Waals surface area contributed by atoms with E-state index in [2.05, 4.69) is 76.4 Å². The van der Waals surface area contributed by atoms with Crippen LogP contribution in [0.25, 0.3) is 21.3 Å². The number of nitrogens with zero attached hydrogens (tertiary/aromatic N) is 4. The first-order valence-electron chi connectivity index (χ1n) is 7.46. The van der Waals surface area contributed by atoms with E-state index in [-0.39, 0.29) is 31.8 Å². The molecule has 2 atom stereocenters. The molecule has 138 valence electrons. The van der Waals surface area contributed by atoms with Gasteiger partial charge >= 0.3 is 19.5 Å². The largest absolute Gasteiger partial charge is 6.00 e. The van der Waals surface area contributed by atoms with E-state index in [1.54, 1.807) is 0 Å². The fraction of sp³-hybridized carbons (Fsp3) is 0.875. The van der Waals surface area contributed by atoms with Crippen LogP contribution in [0.15, 0.2) is 0 Å². The van der Waals surface area contributed by atoms with Crippen molar-refractivity contribution in [3.8, 4) is 0 Å². The molecule has 0 amide bonds. The molecule has 6 nitrogen and oxygen atoms in total. The molecule has 0 saturated carbocycles. The third-order valence-electron chi connectivity index (χ3n) is 2.27. The van der Waals surface area contributed by atoms with E-state index in [1.807, 2.05) is 14.1 Å². The maximum absolute atomic E-state index is 7.75. The van der Waals surface area contributed by atoms with Crippen LogP contribution in [0.1, 0.15) is 54.4 Å². The van der Waals surface area contributed by atoms with Crippen molar-refractivity contribution in [1.29, 1.82) is 0 Å². The predicted octanol–water partition coefficient (Wildman–Crippen LogP) is 4.47. The van der Waals surface area contributed by atoms with Gasteiger partial charge in [-0.15, -0.1) is 12.1 Å². The van der Waals surface area contributed by atoms with E-state index in [4.69, 9.17) is 9.59 Å². The van der Waals surface area contributed by atoms with E-state index in [0.29, 0.717) is 12.1 Å². The molecular formula is C16H34N4O2Ru. The summed E-state index contributed by atoms with van der Waals surface area (Å²) in [4.78, 5) is 15.5. The number of carbonyl (C=O) groups excluding carboxylic acids is 2. The zero-order valence-corrected chi connectivity index (χ0v) is 17.6. The van der Waals surface area contributed by atoms with Gasteiger partial charge in [0.05, 0.1) is 0 Å². The molecule has 0 aliphatic rings. The molecule has 2 unspecified atom stereocenters. The minimum atomic E-state index is 0. The topological polar surface area (TPSA) is 90.5 Å². The Hall–Kier alpha value is -0.197.